The van der Waals surface area contributed by atoms with E-state index in [4.69, 9.17) is 0 Å². The number of rotatable bonds is 6. The van der Waals surface area contributed by atoms with Crippen LogP contribution in [0.15, 0.2) is 24.5 Å². The van der Waals surface area contributed by atoms with Crippen LogP contribution in [0.4, 0.5) is 5.69 Å². The Kier molecular flexibility index (Phi) is 5.71. The van der Waals surface area contributed by atoms with Crippen molar-refractivity contribution < 1.29 is 14.3 Å². The van der Waals surface area contributed by atoms with Gasteiger partial charge in [-0.3, -0.25) is 14.6 Å². The summed E-state index contributed by atoms with van der Waals surface area (Å²) in [7, 11) is 1.36. The van der Waals surface area contributed by atoms with Crippen LogP contribution in [-0.4, -0.2) is 24.0 Å². The Balaban J connectivity index is 2.16. The van der Waals surface area contributed by atoms with Crippen LogP contribution in [0.2, 0.25) is 0 Å². The molecule has 0 spiro atoms. The molecular formula is C12H16N2O3. The summed E-state index contributed by atoms with van der Waals surface area (Å²) in [5.41, 5.74) is 0.686. The zero-order valence-electron chi connectivity index (χ0n) is 9.81. The van der Waals surface area contributed by atoms with E-state index >= 15 is 0 Å². The summed E-state index contributed by atoms with van der Waals surface area (Å²) in [6.45, 7) is 0. The number of pyridine rings is 1. The number of aromatic nitrogens is 1. The normalized spacial score (nSPS) is 9.71. The Bertz CT molecular complexity index is 365. The lowest BCUT2D eigenvalue weighted by Crippen LogP contribution is -2.11. The number of nitrogens with zero attached hydrogens (tertiary/aromatic N) is 1. The van der Waals surface area contributed by atoms with Gasteiger partial charge in [-0.15, -0.1) is 0 Å². The molecule has 0 aliphatic carbocycles. The Hall–Kier alpha value is -1.91. The number of nitrogens with one attached hydrogen (secondary N) is 1. The van der Waals surface area contributed by atoms with Crippen LogP contribution in [0, 0.1) is 0 Å². The van der Waals surface area contributed by atoms with Gasteiger partial charge < -0.3 is 10.1 Å². The minimum absolute atomic E-state index is 0.0668. The smallest absolute Gasteiger partial charge is 0.305 e. The number of anilines is 1. The number of hydrogen-bond acceptors (Lipinski definition) is 4. The first-order valence-electron chi connectivity index (χ1n) is 5.49. The number of esters is 1. The predicted molar refractivity (Wildman–Crippen MR) is 63.4 cm³/mol. The van der Waals surface area contributed by atoms with E-state index in [1.54, 1.807) is 24.5 Å². The van der Waals surface area contributed by atoms with Crippen molar-refractivity contribution in [1.29, 1.82) is 0 Å². The van der Waals surface area contributed by atoms with Crippen LogP contribution in [0.3, 0.4) is 0 Å². The molecule has 0 aromatic carbocycles. The van der Waals surface area contributed by atoms with E-state index < -0.39 is 0 Å². The molecule has 1 amide bonds. The third kappa shape index (κ3) is 5.65. The van der Waals surface area contributed by atoms with Gasteiger partial charge in [0.25, 0.3) is 0 Å². The Morgan fingerprint density at radius 1 is 1.35 bits per heavy atom. The standard InChI is InChI=1S/C12H16N2O3/c1-17-12(16)7-3-2-6-11(15)14-10-5-4-8-13-9-10/h4-5,8-9H,2-3,6-7H2,1H3,(H,14,15). The van der Waals surface area contributed by atoms with Crippen LogP contribution in [-0.2, 0) is 14.3 Å². The van der Waals surface area contributed by atoms with Crippen LogP contribution in [0.5, 0.6) is 0 Å². The average molecular weight is 236 g/mol. The fourth-order valence-electron chi connectivity index (χ4n) is 1.32. The fraction of sp³-hybridized carbons (Fsp3) is 0.417. The second-order valence-electron chi connectivity index (χ2n) is 3.57. The van der Waals surface area contributed by atoms with Gasteiger partial charge in [0.15, 0.2) is 0 Å². The van der Waals surface area contributed by atoms with Crippen molar-refractivity contribution in [2.75, 3.05) is 12.4 Å². The number of methoxy groups -OCH3 is 1. The number of carbonyl (C=O) groups excluding carboxylic acids is 2. The van der Waals surface area contributed by atoms with Gasteiger partial charge in [-0.25, -0.2) is 0 Å². The van der Waals surface area contributed by atoms with Gasteiger partial charge in [0, 0.05) is 19.0 Å². The number of unbranched alkanes of at least 4 members (excludes halogenated alkanes) is 1. The molecule has 1 N–H and O–H groups in total. The first kappa shape index (κ1) is 13.2. The maximum Gasteiger partial charge on any atom is 0.305 e. The maximum atomic E-state index is 11.5. The highest BCUT2D eigenvalue weighted by Crippen LogP contribution is 2.06. The van der Waals surface area contributed by atoms with Gasteiger partial charge in [0.1, 0.15) is 0 Å². The van der Waals surface area contributed by atoms with Crippen LogP contribution >= 0.6 is 0 Å². The van der Waals surface area contributed by atoms with Gasteiger partial charge in [0.05, 0.1) is 19.0 Å². The molecule has 0 atom stereocenters. The molecule has 0 bridgehead atoms. The number of amides is 1. The highest BCUT2D eigenvalue weighted by Gasteiger charge is 2.04. The number of hydrogen-bond donors (Lipinski definition) is 1. The summed E-state index contributed by atoms with van der Waals surface area (Å²) in [4.78, 5) is 26.2. The highest BCUT2D eigenvalue weighted by atomic mass is 16.5. The number of carbonyl (C=O) groups is 2. The molecule has 0 saturated heterocycles. The van der Waals surface area contributed by atoms with E-state index in [1.807, 2.05) is 0 Å². The molecular weight excluding hydrogens is 220 g/mol. The van der Waals surface area contributed by atoms with Crippen molar-refractivity contribution in [1.82, 2.24) is 4.98 Å². The van der Waals surface area contributed by atoms with E-state index in [0.717, 1.165) is 0 Å². The highest BCUT2D eigenvalue weighted by molar-refractivity contribution is 5.90. The minimum Gasteiger partial charge on any atom is -0.469 e. The molecule has 92 valence electrons. The van der Waals surface area contributed by atoms with Crippen molar-refractivity contribution in [2.24, 2.45) is 0 Å². The molecule has 0 aliphatic heterocycles. The summed E-state index contributed by atoms with van der Waals surface area (Å²) in [5.74, 6) is -0.305. The van der Waals surface area contributed by atoms with Crippen molar-refractivity contribution >= 4 is 17.6 Å². The molecule has 0 radical (unpaired) electrons. The van der Waals surface area contributed by atoms with Crippen molar-refractivity contribution in [2.45, 2.75) is 25.7 Å². The molecule has 5 heteroatoms. The zero-order valence-corrected chi connectivity index (χ0v) is 9.81. The van der Waals surface area contributed by atoms with Crippen LogP contribution < -0.4 is 5.32 Å². The molecule has 1 rings (SSSR count). The summed E-state index contributed by atoms with van der Waals surface area (Å²) in [6, 6.07) is 3.53. The van der Waals surface area contributed by atoms with Crippen LogP contribution in [0.1, 0.15) is 25.7 Å². The van der Waals surface area contributed by atoms with E-state index in [-0.39, 0.29) is 11.9 Å². The second kappa shape index (κ2) is 7.38. The summed E-state index contributed by atoms with van der Waals surface area (Å²) >= 11 is 0. The third-order valence-corrected chi connectivity index (χ3v) is 2.21. The SMILES string of the molecule is COC(=O)CCCCC(=O)Nc1cccnc1. The molecule has 0 saturated carbocycles. The Morgan fingerprint density at radius 2 is 2.12 bits per heavy atom. The first-order chi connectivity index (χ1) is 8.22. The lowest BCUT2D eigenvalue weighted by atomic mass is 10.2. The molecule has 0 unspecified atom stereocenters. The quantitative estimate of drug-likeness (QED) is 0.603. The fourth-order valence-corrected chi connectivity index (χ4v) is 1.32. The number of ether oxygens (including phenoxy) is 1. The van der Waals surface area contributed by atoms with Crippen molar-refractivity contribution in [3.63, 3.8) is 0 Å². The van der Waals surface area contributed by atoms with Crippen molar-refractivity contribution in [3.05, 3.63) is 24.5 Å². The summed E-state index contributed by atoms with van der Waals surface area (Å²) in [6.07, 6.45) is 5.31. The van der Waals surface area contributed by atoms with Crippen LogP contribution in [0.25, 0.3) is 0 Å². The maximum absolute atomic E-state index is 11.5. The zero-order chi connectivity index (χ0) is 12.5. The van der Waals surface area contributed by atoms with Gasteiger partial charge in [0.2, 0.25) is 5.91 Å². The summed E-state index contributed by atoms with van der Waals surface area (Å²) < 4.78 is 4.51. The van der Waals surface area contributed by atoms with E-state index in [0.29, 0.717) is 31.4 Å². The summed E-state index contributed by atoms with van der Waals surface area (Å²) in [5, 5.41) is 2.73. The van der Waals surface area contributed by atoms with Gasteiger partial charge in [-0.2, -0.15) is 0 Å². The average Bonchev–Trinajstić information content (AvgIpc) is 2.35. The first-order valence-corrected chi connectivity index (χ1v) is 5.49. The van der Waals surface area contributed by atoms with Gasteiger partial charge >= 0.3 is 5.97 Å². The van der Waals surface area contributed by atoms with E-state index in [1.165, 1.54) is 7.11 Å². The Labute approximate surface area is 100 Å². The molecule has 1 aromatic heterocycles. The van der Waals surface area contributed by atoms with Gasteiger partial charge in [-0.1, -0.05) is 0 Å². The lowest BCUT2D eigenvalue weighted by molar-refractivity contribution is -0.140. The second-order valence-corrected chi connectivity index (χ2v) is 3.57. The van der Waals surface area contributed by atoms with E-state index in [9.17, 15) is 9.59 Å². The molecule has 5 nitrogen and oxygen atoms in total. The molecule has 0 fully saturated rings. The third-order valence-electron chi connectivity index (χ3n) is 2.21. The lowest BCUT2D eigenvalue weighted by Gasteiger charge is -2.04. The van der Waals surface area contributed by atoms with E-state index in [2.05, 4.69) is 15.0 Å². The van der Waals surface area contributed by atoms with Crippen molar-refractivity contribution in [3.8, 4) is 0 Å². The van der Waals surface area contributed by atoms with Gasteiger partial charge in [-0.05, 0) is 25.0 Å². The predicted octanol–water partition coefficient (Wildman–Crippen LogP) is 1.75. The molecule has 1 heterocycles. The molecule has 1 aromatic rings. The molecule has 0 aliphatic rings. The monoisotopic (exact) mass is 236 g/mol. The molecule has 17 heavy (non-hydrogen) atoms. The largest absolute Gasteiger partial charge is 0.469 e. The minimum atomic E-state index is -0.238. The topological polar surface area (TPSA) is 68.3 Å². The Morgan fingerprint density at radius 3 is 2.76 bits per heavy atom.